The number of oxime groups is 1. The van der Waals surface area contributed by atoms with Gasteiger partial charge in [0.05, 0.1) is 23.8 Å². The van der Waals surface area contributed by atoms with E-state index < -0.39 is 17.2 Å². The number of pyridine rings is 2. The van der Waals surface area contributed by atoms with Crippen LogP contribution in [0.2, 0.25) is 0 Å². The van der Waals surface area contributed by atoms with Gasteiger partial charge < -0.3 is 25.1 Å². The summed E-state index contributed by atoms with van der Waals surface area (Å²) in [6.07, 6.45) is 2.70. The van der Waals surface area contributed by atoms with Crippen LogP contribution in [0.3, 0.4) is 0 Å². The van der Waals surface area contributed by atoms with Crippen LogP contribution >= 0.6 is 0 Å². The molecule has 0 spiro atoms. The van der Waals surface area contributed by atoms with Crippen LogP contribution in [0.15, 0.2) is 22.2 Å². The minimum Gasteiger partial charge on any atom is -0.477 e. The molecule has 148 valence electrons. The molecular weight excluding hydrogens is 369 g/mol. The van der Waals surface area contributed by atoms with Gasteiger partial charge in [0.15, 0.2) is 0 Å². The average Bonchev–Trinajstić information content (AvgIpc) is 3.42. The third kappa shape index (κ3) is 2.89. The summed E-state index contributed by atoms with van der Waals surface area (Å²) >= 11 is 0. The largest absolute Gasteiger partial charge is 0.477 e. The molecule has 1 aliphatic heterocycles. The molecule has 1 saturated carbocycles. The highest BCUT2D eigenvalue weighted by Crippen LogP contribution is 2.41. The first-order valence-electron chi connectivity index (χ1n) is 8.98. The molecule has 9 nitrogen and oxygen atoms in total. The summed E-state index contributed by atoms with van der Waals surface area (Å²) in [6.45, 7) is 0.998. The van der Waals surface area contributed by atoms with Crippen molar-refractivity contribution in [1.82, 2.24) is 9.55 Å². The van der Waals surface area contributed by atoms with Crippen LogP contribution in [0.5, 0.6) is 0 Å². The summed E-state index contributed by atoms with van der Waals surface area (Å²) in [5.41, 5.74) is 5.67. The molecule has 4 rings (SSSR count). The monoisotopic (exact) mass is 389 g/mol. The van der Waals surface area contributed by atoms with Gasteiger partial charge in [-0.25, -0.2) is 14.2 Å². The molecule has 3 heterocycles. The Morgan fingerprint density at radius 3 is 2.86 bits per heavy atom. The van der Waals surface area contributed by atoms with Crippen molar-refractivity contribution in [1.29, 1.82) is 0 Å². The summed E-state index contributed by atoms with van der Waals surface area (Å²) in [4.78, 5) is 35.8. The van der Waals surface area contributed by atoms with Crippen molar-refractivity contribution in [3.8, 4) is 0 Å². The molecule has 0 radical (unpaired) electrons. The SMILES string of the molecule is CO/N=C1\CN(c2c(C(=O)O)c(=O)c3cc(F)cnc3n2C2CC2)CC1CN. The molecule has 2 fully saturated rings. The maximum atomic E-state index is 13.7. The quantitative estimate of drug-likeness (QED) is 0.730. The highest BCUT2D eigenvalue weighted by Gasteiger charge is 2.38. The van der Waals surface area contributed by atoms with Crippen LogP contribution in [-0.2, 0) is 4.84 Å². The van der Waals surface area contributed by atoms with Crippen molar-refractivity contribution >= 4 is 28.5 Å². The fourth-order valence-electron chi connectivity index (χ4n) is 3.78. The summed E-state index contributed by atoms with van der Waals surface area (Å²) in [5.74, 6) is -1.90. The van der Waals surface area contributed by atoms with Crippen LogP contribution in [0.1, 0.15) is 29.2 Å². The Labute approximate surface area is 159 Å². The van der Waals surface area contributed by atoms with Crippen molar-refractivity contribution < 1.29 is 19.1 Å². The number of rotatable bonds is 5. The Morgan fingerprint density at radius 1 is 1.50 bits per heavy atom. The molecule has 2 aliphatic rings. The van der Waals surface area contributed by atoms with Crippen LogP contribution in [-0.4, -0.2) is 53.1 Å². The molecule has 0 aromatic carbocycles. The van der Waals surface area contributed by atoms with Crippen LogP contribution in [0, 0.1) is 11.7 Å². The first-order valence-corrected chi connectivity index (χ1v) is 8.98. The lowest BCUT2D eigenvalue weighted by atomic mass is 10.1. The van der Waals surface area contributed by atoms with Crippen LogP contribution < -0.4 is 16.1 Å². The molecule has 10 heteroatoms. The summed E-state index contributed by atoms with van der Waals surface area (Å²) in [7, 11) is 1.43. The molecule has 2 aromatic heterocycles. The van der Waals surface area contributed by atoms with E-state index in [1.165, 1.54) is 7.11 Å². The number of hydrogen-bond acceptors (Lipinski definition) is 7. The molecule has 0 amide bonds. The second kappa shape index (κ2) is 6.86. The van der Waals surface area contributed by atoms with Gasteiger partial charge in [-0.05, 0) is 18.9 Å². The lowest BCUT2D eigenvalue weighted by Crippen LogP contribution is -2.32. The highest BCUT2D eigenvalue weighted by atomic mass is 19.1. The van der Waals surface area contributed by atoms with Gasteiger partial charge in [0.1, 0.15) is 30.0 Å². The van der Waals surface area contributed by atoms with E-state index >= 15 is 0 Å². The van der Waals surface area contributed by atoms with E-state index in [9.17, 15) is 19.1 Å². The van der Waals surface area contributed by atoms with Crippen molar-refractivity contribution in [2.75, 3.05) is 31.6 Å². The van der Waals surface area contributed by atoms with Crippen LogP contribution in [0.4, 0.5) is 10.2 Å². The summed E-state index contributed by atoms with van der Waals surface area (Å²) < 4.78 is 15.5. The van der Waals surface area contributed by atoms with Gasteiger partial charge in [0.2, 0.25) is 5.43 Å². The van der Waals surface area contributed by atoms with Crippen molar-refractivity contribution in [3.63, 3.8) is 0 Å². The molecule has 1 aliphatic carbocycles. The van der Waals surface area contributed by atoms with E-state index in [2.05, 4.69) is 10.1 Å². The van der Waals surface area contributed by atoms with Gasteiger partial charge in [0, 0.05) is 25.0 Å². The molecule has 1 saturated heterocycles. The second-order valence-electron chi connectivity index (χ2n) is 7.04. The van der Waals surface area contributed by atoms with Gasteiger partial charge >= 0.3 is 5.97 Å². The zero-order valence-electron chi connectivity index (χ0n) is 15.3. The van der Waals surface area contributed by atoms with E-state index in [0.29, 0.717) is 18.8 Å². The Morgan fingerprint density at radius 2 is 2.25 bits per heavy atom. The molecule has 2 aromatic rings. The Bertz CT molecular complexity index is 1050. The zero-order valence-corrected chi connectivity index (χ0v) is 15.3. The number of nitrogens with two attached hydrogens (primary N) is 1. The van der Waals surface area contributed by atoms with Crippen molar-refractivity contribution in [2.45, 2.75) is 18.9 Å². The second-order valence-corrected chi connectivity index (χ2v) is 7.04. The number of aromatic carboxylic acids is 1. The van der Waals surface area contributed by atoms with Gasteiger partial charge in [-0.15, -0.1) is 0 Å². The first kappa shape index (κ1) is 18.4. The van der Waals surface area contributed by atoms with E-state index in [4.69, 9.17) is 10.6 Å². The maximum absolute atomic E-state index is 13.7. The van der Waals surface area contributed by atoms with E-state index in [1.807, 2.05) is 0 Å². The molecule has 1 atom stereocenters. The van der Waals surface area contributed by atoms with Gasteiger partial charge in [-0.1, -0.05) is 5.16 Å². The smallest absolute Gasteiger partial charge is 0.343 e. The Balaban J connectivity index is 2.00. The van der Waals surface area contributed by atoms with Crippen molar-refractivity contribution in [3.05, 3.63) is 33.9 Å². The third-order valence-corrected chi connectivity index (χ3v) is 5.17. The van der Waals surface area contributed by atoms with Gasteiger partial charge in [-0.3, -0.25) is 4.79 Å². The number of fused-ring (bicyclic) bond motifs is 1. The lowest BCUT2D eigenvalue weighted by Gasteiger charge is -2.26. The van der Waals surface area contributed by atoms with E-state index in [-0.39, 0.29) is 40.9 Å². The number of carboxylic acid groups (broad SMARTS) is 1. The van der Waals surface area contributed by atoms with E-state index in [0.717, 1.165) is 25.1 Å². The van der Waals surface area contributed by atoms with Crippen LogP contribution in [0.25, 0.3) is 11.0 Å². The fraction of sp³-hybridized carbons (Fsp3) is 0.444. The highest BCUT2D eigenvalue weighted by molar-refractivity contribution is 6.01. The topological polar surface area (TPSA) is 123 Å². The average molecular weight is 389 g/mol. The third-order valence-electron chi connectivity index (χ3n) is 5.17. The molecular formula is C18H20FN5O4. The Kier molecular flexibility index (Phi) is 4.50. The standard InChI is InChI=1S/C18H20FN5O4/c1-28-22-13-8-23(7-9(13)5-20)17-14(18(26)27)15(25)12-4-10(19)6-21-16(12)24(17)11-2-3-11/h4,6,9,11H,2-3,5,7-8,20H2,1H3,(H,26,27)/b22-13+. The summed E-state index contributed by atoms with van der Waals surface area (Å²) in [5, 5.41) is 13.8. The van der Waals surface area contributed by atoms with Crippen molar-refractivity contribution in [2.24, 2.45) is 16.8 Å². The fourth-order valence-corrected chi connectivity index (χ4v) is 3.78. The lowest BCUT2D eigenvalue weighted by molar-refractivity contribution is 0.0695. The number of carbonyl (C=O) groups is 1. The summed E-state index contributed by atoms with van der Waals surface area (Å²) in [6, 6.07) is 1.05. The predicted molar refractivity (Wildman–Crippen MR) is 100 cm³/mol. The predicted octanol–water partition coefficient (Wildman–Crippen LogP) is 0.966. The number of hydrogen-bond donors (Lipinski definition) is 2. The van der Waals surface area contributed by atoms with E-state index in [1.54, 1.807) is 9.47 Å². The normalized spacial score (nSPS) is 20.9. The zero-order chi connectivity index (χ0) is 20.0. The minimum atomic E-state index is -1.36. The number of aromatic nitrogens is 2. The number of carboxylic acids is 1. The number of anilines is 1. The van der Waals surface area contributed by atoms with Gasteiger partial charge in [0.25, 0.3) is 0 Å². The molecule has 0 bridgehead atoms. The molecule has 1 unspecified atom stereocenters. The number of nitrogens with zero attached hydrogens (tertiary/aromatic N) is 4. The molecule has 3 N–H and O–H groups in total. The maximum Gasteiger partial charge on any atom is 0.343 e. The number of halogens is 1. The Hall–Kier alpha value is -3.01. The minimum absolute atomic E-state index is 0.00824. The molecule has 28 heavy (non-hydrogen) atoms. The first-order chi connectivity index (χ1) is 13.5. The van der Waals surface area contributed by atoms with Gasteiger partial charge in [-0.2, -0.15) is 0 Å².